The summed E-state index contributed by atoms with van der Waals surface area (Å²) in [4.78, 5) is 0. The van der Waals surface area contributed by atoms with Crippen molar-refractivity contribution in [3.8, 4) is 0 Å². The van der Waals surface area contributed by atoms with Gasteiger partial charge in [-0.2, -0.15) is 8.78 Å². The molecular formula is C2BrClF2. The third-order valence-electron chi connectivity index (χ3n) is 0.143. The molecule has 0 aromatic rings. The maximum atomic E-state index is 11.1. The maximum absolute atomic E-state index is 11.1. The Morgan fingerprint density at radius 3 is 1.67 bits per heavy atom. The Bertz CT molecular complexity index is 61.6. The molecule has 0 N–H and O–H groups in total. The molecule has 0 aliphatic rings. The average molecular weight is 177 g/mol. The Balaban J connectivity index is 3.68. The molecule has 0 atom stereocenters. The normalized spacial score (nSPS) is 14.0. The van der Waals surface area contributed by atoms with Crippen LogP contribution in [0, 0.1) is 0 Å². The highest BCUT2D eigenvalue weighted by Gasteiger charge is 1.92. The molecule has 0 aliphatic carbocycles. The molecule has 0 saturated heterocycles. The average Bonchev–Trinajstić information content (AvgIpc) is 1.36. The molecule has 0 amide bonds. The van der Waals surface area contributed by atoms with E-state index < -0.39 is 10.0 Å². The van der Waals surface area contributed by atoms with Crippen LogP contribution in [0.2, 0.25) is 0 Å². The Kier molecular flexibility index (Phi) is 2.68. The smallest absolute Gasteiger partial charge is 0.195 e. The van der Waals surface area contributed by atoms with Gasteiger partial charge in [-0.05, 0) is 27.5 Å². The Morgan fingerprint density at radius 1 is 1.50 bits per heavy atom. The summed E-state index contributed by atoms with van der Waals surface area (Å²) in [5.41, 5.74) is 0. The molecule has 0 rings (SSSR count). The molecule has 0 spiro atoms. The quantitative estimate of drug-likeness (QED) is 0.534. The van der Waals surface area contributed by atoms with Crippen LogP contribution in [0.15, 0.2) is 10.0 Å². The van der Waals surface area contributed by atoms with E-state index in [2.05, 4.69) is 27.5 Å². The van der Waals surface area contributed by atoms with Crippen LogP contribution in [-0.2, 0) is 0 Å². The van der Waals surface area contributed by atoms with Gasteiger partial charge in [0, 0.05) is 0 Å². The van der Waals surface area contributed by atoms with E-state index >= 15 is 0 Å². The topological polar surface area (TPSA) is 0 Å². The highest BCUT2D eigenvalue weighted by Crippen LogP contribution is 2.16. The Labute approximate surface area is 46.9 Å². The van der Waals surface area contributed by atoms with Crippen LogP contribution < -0.4 is 0 Å². The minimum Gasteiger partial charge on any atom is -0.195 e. The van der Waals surface area contributed by atoms with Crippen LogP contribution in [-0.4, -0.2) is 0 Å². The molecule has 0 aromatic carbocycles. The second-order valence-corrected chi connectivity index (χ2v) is 1.55. The van der Waals surface area contributed by atoms with Crippen LogP contribution in [0.25, 0.3) is 0 Å². The van der Waals surface area contributed by atoms with Crippen molar-refractivity contribution in [3.63, 3.8) is 0 Å². The summed E-state index contributed by atoms with van der Waals surface area (Å²) in [5, 5.41) is -1.35. The molecule has 0 saturated carbocycles. The first-order chi connectivity index (χ1) is 2.64. The van der Waals surface area contributed by atoms with Crippen LogP contribution in [0.3, 0.4) is 0 Å². The fraction of sp³-hybridized carbons (Fsp3) is 0. The van der Waals surface area contributed by atoms with E-state index in [4.69, 9.17) is 0 Å². The number of hydrogen-bond donors (Lipinski definition) is 0. The van der Waals surface area contributed by atoms with Crippen molar-refractivity contribution < 1.29 is 8.78 Å². The van der Waals surface area contributed by atoms with Gasteiger partial charge in [-0.1, -0.05) is 0 Å². The third-order valence-corrected chi connectivity index (χ3v) is 0.885. The summed E-state index contributed by atoms with van der Waals surface area (Å²) in [6, 6.07) is 0. The van der Waals surface area contributed by atoms with Crippen molar-refractivity contribution in [3.05, 3.63) is 10.0 Å². The van der Waals surface area contributed by atoms with E-state index in [1.54, 1.807) is 0 Å². The first-order valence-corrected chi connectivity index (χ1v) is 2.18. The van der Waals surface area contributed by atoms with Crippen molar-refractivity contribution in [1.29, 1.82) is 0 Å². The number of hydrogen-bond acceptors (Lipinski definition) is 0. The second-order valence-electron chi connectivity index (χ2n) is 0.521. The third kappa shape index (κ3) is 2.60. The van der Waals surface area contributed by atoms with Gasteiger partial charge in [0.15, 0.2) is 0 Å². The van der Waals surface area contributed by atoms with Crippen molar-refractivity contribution in [2.24, 2.45) is 0 Å². The molecule has 0 aliphatic heterocycles. The minimum absolute atomic E-state index is 1.16. The van der Waals surface area contributed by atoms with Crippen molar-refractivity contribution in [2.45, 2.75) is 0 Å². The van der Waals surface area contributed by atoms with Crippen LogP contribution >= 0.6 is 27.5 Å². The summed E-state index contributed by atoms with van der Waals surface area (Å²) in [5.74, 6) is 0. The van der Waals surface area contributed by atoms with E-state index in [0.29, 0.717) is 0 Å². The van der Waals surface area contributed by atoms with E-state index in [1.165, 1.54) is 0 Å². The molecule has 0 fully saturated rings. The fourth-order valence-corrected chi connectivity index (χ4v) is 0. The van der Waals surface area contributed by atoms with Crippen molar-refractivity contribution >= 4 is 27.5 Å². The highest BCUT2D eigenvalue weighted by atomic mass is 79.9. The molecular weight excluding hydrogens is 177 g/mol. The summed E-state index contributed by atoms with van der Waals surface area (Å²) < 4.78 is 21.0. The Hall–Kier alpha value is 0.370. The van der Waals surface area contributed by atoms with Crippen molar-refractivity contribution in [2.75, 3.05) is 0 Å². The van der Waals surface area contributed by atoms with Gasteiger partial charge >= 0.3 is 0 Å². The first-order valence-electron chi connectivity index (χ1n) is 1.01. The van der Waals surface area contributed by atoms with E-state index in [-0.39, 0.29) is 0 Å². The van der Waals surface area contributed by atoms with Gasteiger partial charge in [-0.15, -0.1) is 0 Å². The monoisotopic (exact) mass is 176 g/mol. The molecule has 0 bridgehead atoms. The molecule has 4 heteroatoms. The SMILES string of the molecule is FC(Cl)=C(F)Br. The number of rotatable bonds is 0. The predicted octanol–water partition coefficient (Wildman–Crippen LogP) is 2.69. The molecule has 0 heterocycles. The highest BCUT2D eigenvalue weighted by molar-refractivity contribution is 9.11. The summed E-state index contributed by atoms with van der Waals surface area (Å²) in [6.07, 6.45) is 0. The van der Waals surface area contributed by atoms with Crippen LogP contribution in [0.5, 0.6) is 0 Å². The zero-order valence-corrected chi connectivity index (χ0v) is 4.85. The molecule has 0 unspecified atom stereocenters. The van der Waals surface area contributed by atoms with Crippen LogP contribution in [0.4, 0.5) is 8.78 Å². The van der Waals surface area contributed by atoms with Crippen LogP contribution in [0.1, 0.15) is 0 Å². The van der Waals surface area contributed by atoms with Gasteiger partial charge in [-0.25, -0.2) is 0 Å². The Morgan fingerprint density at radius 2 is 1.67 bits per heavy atom. The first kappa shape index (κ1) is 6.37. The molecule has 0 radical (unpaired) electrons. The van der Waals surface area contributed by atoms with Crippen molar-refractivity contribution in [1.82, 2.24) is 0 Å². The lowest BCUT2D eigenvalue weighted by molar-refractivity contribution is 0.616. The number of halogens is 4. The second kappa shape index (κ2) is 2.53. The lowest BCUT2D eigenvalue weighted by Gasteiger charge is -1.73. The van der Waals surface area contributed by atoms with Gasteiger partial charge in [0.2, 0.25) is 10.0 Å². The standard InChI is InChI=1S/C2BrClF2/c3-1(5)2(4)6. The van der Waals surface area contributed by atoms with E-state index in [1.807, 2.05) is 0 Å². The summed E-state index contributed by atoms with van der Waals surface area (Å²) in [7, 11) is 0. The zero-order valence-electron chi connectivity index (χ0n) is 2.51. The van der Waals surface area contributed by atoms with Gasteiger partial charge in [0.05, 0.1) is 0 Å². The van der Waals surface area contributed by atoms with E-state index in [9.17, 15) is 8.78 Å². The van der Waals surface area contributed by atoms with Gasteiger partial charge in [0.25, 0.3) is 0 Å². The van der Waals surface area contributed by atoms with Gasteiger partial charge < -0.3 is 0 Å². The predicted molar refractivity (Wildman–Crippen MR) is 24.0 cm³/mol. The molecule has 0 nitrogen and oxygen atoms in total. The summed E-state index contributed by atoms with van der Waals surface area (Å²) >= 11 is 6.55. The summed E-state index contributed by atoms with van der Waals surface area (Å²) in [6.45, 7) is 0. The minimum atomic E-state index is -1.35. The molecule has 36 valence electrons. The molecule has 0 aromatic heterocycles. The maximum Gasteiger partial charge on any atom is 0.232 e. The zero-order chi connectivity index (χ0) is 5.15. The largest absolute Gasteiger partial charge is 0.232 e. The lowest BCUT2D eigenvalue weighted by atomic mass is 11.1. The fourth-order valence-electron chi connectivity index (χ4n) is 0. The van der Waals surface area contributed by atoms with Gasteiger partial charge in [-0.3, -0.25) is 0 Å². The lowest BCUT2D eigenvalue weighted by Crippen LogP contribution is -1.51. The van der Waals surface area contributed by atoms with E-state index in [0.717, 1.165) is 0 Å². The molecule has 6 heavy (non-hydrogen) atoms. The van der Waals surface area contributed by atoms with Gasteiger partial charge in [0.1, 0.15) is 0 Å².